The summed E-state index contributed by atoms with van der Waals surface area (Å²) in [5.74, 6) is 1.68. The fourth-order valence-corrected chi connectivity index (χ4v) is 8.90. The second-order valence-corrected chi connectivity index (χ2v) is 12.9. The van der Waals surface area contributed by atoms with Gasteiger partial charge in [0.1, 0.15) is 12.2 Å². The molecule has 4 nitrogen and oxygen atoms in total. The van der Waals surface area contributed by atoms with Gasteiger partial charge in [0.15, 0.2) is 0 Å². The van der Waals surface area contributed by atoms with Crippen molar-refractivity contribution >= 4 is 11.9 Å². The van der Waals surface area contributed by atoms with Crippen LogP contribution in [0.2, 0.25) is 0 Å². The Kier molecular flexibility index (Phi) is 6.48. The van der Waals surface area contributed by atoms with Crippen LogP contribution in [0.25, 0.3) is 0 Å². The van der Waals surface area contributed by atoms with Crippen LogP contribution in [-0.2, 0) is 9.47 Å². The van der Waals surface area contributed by atoms with Gasteiger partial charge in [0.05, 0.1) is 11.1 Å². The van der Waals surface area contributed by atoms with E-state index < -0.39 is 0 Å². The van der Waals surface area contributed by atoms with Crippen LogP contribution in [0, 0.1) is 34.5 Å². The molecule has 0 amide bonds. The van der Waals surface area contributed by atoms with Crippen LogP contribution in [0.15, 0.2) is 72.8 Å². The predicted octanol–water partition coefficient (Wildman–Crippen LogP) is 7.65. The molecule has 4 aliphatic carbocycles. The van der Waals surface area contributed by atoms with Crippen LogP contribution in [0.1, 0.15) is 85.9 Å². The van der Waals surface area contributed by atoms with E-state index in [0.29, 0.717) is 34.8 Å². The maximum Gasteiger partial charge on any atom is 0.338 e. The first-order valence-corrected chi connectivity index (χ1v) is 14.5. The van der Waals surface area contributed by atoms with Crippen molar-refractivity contribution in [3.05, 3.63) is 83.9 Å². The lowest BCUT2D eigenvalue weighted by Gasteiger charge is -2.61. The van der Waals surface area contributed by atoms with Crippen LogP contribution in [-0.4, -0.2) is 24.1 Å². The van der Waals surface area contributed by atoms with Crippen molar-refractivity contribution < 1.29 is 19.1 Å². The summed E-state index contributed by atoms with van der Waals surface area (Å²) in [6.45, 7) is 9.53. The standard InChI is InChI=1S/C34H40O4/c1-22-20-25-21-26(37-31(35)23-10-6-4-7-11-23)16-18-33(25,2)28-17-19-34(3)27(30(22)28)14-15-29(34)38-32(36)24-12-8-5-9-13-24/h4-13,25-30H,1,14-21H2,2-3H3/t25-,26-,27-,28-,29-,30+,33-,34-/m0/s1. The van der Waals surface area contributed by atoms with E-state index in [0.717, 1.165) is 51.4 Å². The fraction of sp³-hybridized carbons (Fsp3) is 0.529. The van der Waals surface area contributed by atoms with E-state index in [9.17, 15) is 9.59 Å². The maximum absolute atomic E-state index is 12.9. The summed E-state index contributed by atoms with van der Waals surface area (Å²) in [6.07, 6.45) is 8.18. The van der Waals surface area contributed by atoms with E-state index in [1.54, 1.807) is 0 Å². The highest BCUT2D eigenvalue weighted by atomic mass is 16.5. The summed E-state index contributed by atoms with van der Waals surface area (Å²) >= 11 is 0. The zero-order valence-corrected chi connectivity index (χ0v) is 22.7. The zero-order chi connectivity index (χ0) is 26.5. The third kappa shape index (κ3) is 4.21. The molecule has 8 atom stereocenters. The highest BCUT2D eigenvalue weighted by molar-refractivity contribution is 5.89. The second-order valence-electron chi connectivity index (χ2n) is 12.9. The predicted molar refractivity (Wildman–Crippen MR) is 148 cm³/mol. The van der Waals surface area contributed by atoms with Crippen LogP contribution < -0.4 is 0 Å². The molecule has 38 heavy (non-hydrogen) atoms. The molecule has 0 saturated heterocycles. The SMILES string of the molecule is C=C1C[C@H]2C[C@@H](OC(=O)c3ccccc3)CC[C@]2(C)[C@H]2CC[C@]3(C)[C@@H](OC(=O)c4ccccc4)CC[C@H]3[C@@H]12. The minimum Gasteiger partial charge on any atom is -0.459 e. The number of rotatable bonds is 4. The highest BCUT2D eigenvalue weighted by Crippen LogP contribution is 2.67. The molecule has 4 aliphatic rings. The Morgan fingerprint density at radius 1 is 0.763 bits per heavy atom. The Morgan fingerprint density at radius 3 is 2.00 bits per heavy atom. The Balaban J connectivity index is 1.15. The number of fused-ring (bicyclic) bond motifs is 5. The molecule has 200 valence electrons. The third-order valence-electron chi connectivity index (χ3n) is 11.0. The lowest BCUT2D eigenvalue weighted by Crippen LogP contribution is -2.55. The normalized spacial score (nSPS) is 37.9. The van der Waals surface area contributed by atoms with Gasteiger partial charge in [0.2, 0.25) is 0 Å². The number of carbonyl (C=O) groups is 2. The second kappa shape index (κ2) is 9.70. The summed E-state index contributed by atoms with van der Waals surface area (Å²) in [5.41, 5.74) is 2.88. The molecule has 4 saturated carbocycles. The molecule has 0 heterocycles. The van der Waals surface area contributed by atoms with Gasteiger partial charge in [-0.3, -0.25) is 0 Å². The van der Waals surface area contributed by atoms with E-state index in [4.69, 9.17) is 9.47 Å². The summed E-state index contributed by atoms with van der Waals surface area (Å²) in [4.78, 5) is 25.7. The molecule has 0 aliphatic heterocycles. The van der Waals surface area contributed by atoms with E-state index in [2.05, 4.69) is 20.4 Å². The molecule has 2 aromatic rings. The van der Waals surface area contributed by atoms with Crippen LogP contribution >= 0.6 is 0 Å². The first kappa shape index (κ1) is 25.4. The molecular weight excluding hydrogens is 472 g/mol. The van der Waals surface area contributed by atoms with Gasteiger partial charge in [-0.1, -0.05) is 62.4 Å². The van der Waals surface area contributed by atoms with Gasteiger partial charge in [-0.15, -0.1) is 0 Å². The Bertz CT molecular complexity index is 1210. The lowest BCUT2D eigenvalue weighted by atomic mass is 9.44. The van der Waals surface area contributed by atoms with E-state index >= 15 is 0 Å². The number of hydrogen-bond donors (Lipinski definition) is 0. The van der Waals surface area contributed by atoms with Gasteiger partial charge in [-0.05, 0) is 105 Å². The van der Waals surface area contributed by atoms with Gasteiger partial charge in [-0.25, -0.2) is 9.59 Å². The molecule has 4 heteroatoms. The molecule has 0 N–H and O–H groups in total. The molecule has 2 aromatic carbocycles. The summed E-state index contributed by atoms with van der Waals surface area (Å²) in [7, 11) is 0. The lowest BCUT2D eigenvalue weighted by molar-refractivity contribution is -0.116. The van der Waals surface area contributed by atoms with Crippen molar-refractivity contribution in [2.75, 3.05) is 0 Å². The van der Waals surface area contributed by atoms with Crippen molar-refractivity contribution in [3.8, 4) is 0 Å². The van der Waals surface area contributed by atoms with Crippen molar-refractivity contribution in [3.63, 3.8) is 0 Å². The topological polar surface area (TPSA) is 52.6 Å². The zero-order valence-electron chi connectivity index (χ0n) is 22.7. The molecule has 4 fully saturated rings. The van der Waals surface area contributed by atoms with Crippen LogP contribution in [0.4, 0.5) is 0 Å². The van der Waals surface area contributed by atoms with Gasteiger partial charge >= 0.3 is 11.9 Å². The molecule has 0 radical (unpaired) electrons. The minimum atomic E-state index is -0.206. The Morgan fingerprint density at radius 2 is 1.34 bits per heavy atom. The van der Waals surface area contributed by atoms with E-state index in [1.807, 2.05) is 60.7 Å². The largest absolute Gasteiger partial charge is 0.459 e. The quantitative estimate of drug-likeness (QED) is 0.312. The minimum absolute atomic E-state index is 0.000158. The van der Waals surface area contributed by atoms with Gasteiger partial charge in [0, 0.05) is 5.41 Å². The van der Waals surface area contributed by atoms with Gasteiger partial charge in [-0.2, -0.15) is 0 Å². The highest BCUT2D eigenvalue weighted by Gasteiger charge is 2.62. The average molecular weight is 513 g/mol. The van der Waals surface area contributed by atoms with E-state index in [-0.39, 0.29) is 35.0 Å². The molecule has 0 bridgehead atoms. The number of ether oxygens (including phenoxy) is 2. The van der Waals surface area contributed by atoms with Gasteiger partial charge in [0.25, 0.3) is 0 Å². The number of esters is 2. The molecule has 0 unspecified atom stereocenters. The third-order valence-corrected chi connectivity index (χ3v) is 11.0. The van der Waals surface area contributed by atoms with Crippen molar-refractivity contribution in [1.29, 1.82) is 0 Å². The first-order valence-electron chi connectivity index (χ1n) is 14.5. The smallest absolute Gasteiger partial charge is 0.338 e. The molecule has 6 rings (SSSR count). The first-order chi connectivity index (χ1) is 18.3. The molecule has 0 aromatic heterocycles. The number of hydrogen-bond acceptors (Lipinski definition) is 4. The summed E-state index contributed by atoms with van der Waals surface area (Å²) < 4.78 is 12.2. The summed E-state index contributed by atoms with van der Waals surface area (Å²) in [5, 5.41) is 0. The van der Waals surface area contributed by atoms with Crippen LogP contribution in [0.3, 0.4) is 0 Å². The van der Waals surface area contributed by atoms with Crippen molar-refractivity contribution in [2.45, 2.75) is 77.4 Å². The Labute approximate surface area is 226 Å². The average Bonchev–Trinajstić information content (AvgIpc) is 3.26. The van der Waals surface area contributed by atoms with Gasteiger partial charge < -0.3 is 9.47 Å². The fourth-order valence-electron chi connectivity index (χ4n) is 8.90. The van der Waals surface area contributed by atoms with Crippen molar-refractivity contribution in [1.82, 2.24) is 0 Å². The van der Waals surface area contributed by atoms with E-state index in [1.165, 1.54) is 5.57 Å². The Hall–Kier alpha value is -2.88. The number of carbonyl (C=O) groups excluding carboxylic acids is 2. The number of benzene rings is 2. The maximum atomic E-state index is 12.9. The molecular formula is C34H40O4. The number of allylic oxidation sites excluding steroid dienone is 1. The monoisotopic (exact) mass is 512 g/mol. The summed E-state index contributed by atoms with van der Waals surface area (Å²) in [6, 6.07) is 18.7. The van der Waals surface area contributed by atoms with Crippen molar-refractivity contribution in [2.24, 2.45) is 34.5 Å². The van der Waals surface area contributed by atoms with Crippen LogP contribution in [0.5, 0.6) is 0 Å². The molecule has 0 spiro atoms.